The van der Waals surface area contributed by atoms with Crippen molar-refractivity contribution in [2.24, 2.45) is 11.8 Å². The Bertz CT molecular complexity index is 1190. The fourth-order valence-corrected chi connectivity index (χ4v) is 6.75. The van der Waals surface area contributed by atoms with Gasteiger partial charge in [0.05, 0.1) is 22.5 Å². The normalized spacial score (nSPS) is 31.4. The number of aryl methyl sites for hydroxylation is 2. The lowest BCUT2D eigenvalue weighted by molar-refractivity contribution is -0.135. The Morgan fingerprint density at radius 2 is 1.87 bits per heavy atom. The lowest BCUT2D eigenvalue weighted by Gasteiger charge is -2.37. The van der Waals surface area contributed by atoms with Crippen molar-refractivity contribution in [3.63, 3.8) is 0 Å². The number of imide groups is 1. The van der Waals surface area contributed by atoms with E-state index < -0.39 is 17.4 Å². The zero-order chi connectivity index (χ0) is 21.7. The van der Waals surface area contributed by atoms with Gasteiger partial charge in [0.1, 0.15) is 5.54 Å². The topological polar surface area (TPSA) is 69.7 Å². The second-order valence-electron chi connectivity index (χ2n) is 9.09. The Morgan fingerprint density at radius 1 is 1.10 bits per heavy atom. The molecular formula is C24H22ClN3O3. The van der Waals surface area contributed by atoms with Crippen molar-refractivity contribution < 1.29 is 14.4 Å². The van der Waals surface area contributed by atoms with Gasteiger partial charge < -0.3 is 5.32 Å². The predicted octanol–water partition coefficient (Wildman–Crippen LogP) is 3.39. The van der Waals surface area contributed by atoms with Crippen LogP contribution in [-0.2, 0) is 19.9 Å². The van der Waals surface area contributed by atoms with E-state index in [1.54, 1.807) is 24.3 Å². The summed E-state index contributed by atoms with van der Waals surface area (Å²) in [7, 11) is 0. The molecule has 1 N–H and O–H groups in total. The van der Waals surface area contributed by atoms with E-state index in [9.17, 15) is 14.4 Å². The number of rotatable bonds is 1. The van der Waals surface area contributed by atoms with Gasteiger partial charge in [0.15, 0.2) is 0 Å². The molecule has 3 saturated heterocycles. The number of halogens is 1. The number of nitrogens with one attached hydrogen (secondary N) is 1. The van der Waals surface area contributed by atoms with Crippen LogP contribution < -0.4 is 10.2 Å². The second-order valence-corrected chi connectivity index (χ2v) is 9.50. The van der Waals surface area contributed by atoms with E-state index in [0.717, 1.165) is 35.2 Å². The van der Waals surface area contributed by atoms with Crippen LogP contribution in [0.4, 0.5) is 11.4 Å². The highest BCUT2D eigenvalue weighted by molar-refractivity contribution is 6.36. The number of carbonyl (C=O) groups is 3. The number of fused-ring (bicyclic) bond motifs is 7. The Morgan fingerprint density at radius 3 is 2.65 bits per heavy atom. The van der Waals surface area contributed by atoms with Gasteiger partial charge in [-0.3, -0.25) is 19.3 Å². The SMILES string of the molecule is Cc1cc(C)c2c(c1)[C@]1(C(=O)N2)[C@@H]2C(=O)N(c3ccccc3Cl)C(=O)[C@H]2[C@@H]2CCCN21. The molecule has 158 valence electrons. The smallest absolute Gasteiger partial charge is 0.250 e. The molecule has 3 fully saturated rings. The Labute approximate surface area is 185 Å². The number of amides is 3. The average molecular weight is 436 g/mol. The summed E-state index contributed by atoms with van der Waals surface area (Å²) in [4.78, 5) is 44.7. The maximum atomic E-state index is 13.9. The Hall–Kier alpha value is -2.70. The van der Waals surface area contributed by atoms with Crippen molar-refractivity contribution in [1.82, 2.24) is 4.90 Å². The highest BCUT2D eigenvalue weighted by atomic mass is 35.5. The van der Waals surface area contributed by atoms with Gasteiger partial charge in [-0.25, -0.2) is 4.90 Å². The zero-order valence-corrected chi connectivity index (χ0v) is 18.1. The van der Waals surface area contributed by atoms with Crippen LogP contribution in [0.2, 0.25) is 5.02 Å². The molecular weight excluding hydrogens is 414 g/mol. The molecule has 7 heteroatoms. The summed E-state index contributed by atoms with van der Waals surface area (Å²) in [5, 5.41) is 3.41. The molecule has 1 spiro atoms. The van der Waals surface area contributed by atoms with Crippen LogP contribution in [0.3, 0.4) is 0 Å². The molecule has 0 aliphatic carbocycles. The largest absolute Gasteiger partial charge is 0.324 e. The Balaban J connectivity index is 1.60. The standard InChI is InChI=1S/C24H22ClN3O3/c1-12-10-13(2)20-14(11-12)24(23(31)26-20)19-18(17-8-5-9-27(17)24)21(29)28(22(19)30)16-7-4-3-6-15(16)25/h3-4,6-7,10-11,17-19H,5,8-9H2,1-2H3,(H,26,31)/t17-,18-,19-,24+/m0/s1. The van der Waals surface area contributed by atoms with E-state index in [4.69, 9.17) is 11.6 Å². The lowest BCUT2D eigenvalue weighted by atomic mass is 9.75. The van der Waals surface area contributed by atoms with Gasteiger partial charge in [0.25, 0.3) is 0 Å². The fraction of sp³-hybridized carbons (Fsp3) is 0.375. The lowest BCUT2D eigenvalue weighted by Crippen LogP contribution is -2.54. The van der Waals surface area contributed by atoms with Crippen LogP contribution in [0.1, 0.15) is 29.5 Å². The van der Waals surface area contributed by atoms with E-state index in [1.807, 2.05) is 26.0 Å². The third kappa shape index (κ3) is 2.14. The molecule has 4 aliphatic rings. The summed E-state index contributed by atoms with van der Waals surface area (Å²) in [6.07, 6.45) is 1.70. The average Bonchev–Trinajstić information content (AvgIpc) is 3.42. The van der Waals surface area contributed by atoms with Gasteiger partial charge >= 0.3 is 0 Å². The molecule has 0 radical (unpaired) electrons. The van der Waals surface area contributed by atoms with E-state index in [1.165, 1.54) is 4.90 Å². The van der Waals surface area contributed by atoms with Crippen LogP contribution in [0, 0.1) is 25.7 Å². The Kier molecular flexibility index (Phi) is 3.79. The van der Waals surface area contributed by atoms with Crippen LogP contribution >= 0.6 is 11.6 Å². The van der Waals surface area contributed by atoms with Gasteiger partial charge in [-0.05, 0) is 50.9 Å². The second kappa shape index (κ2) is 6.17. The summed E-state index contributed by atoms with van der Waals surface area (Å²) >= 11 is 6.37. The molecule has 6 nitrogen and oxygen atoms in total. The number of para-hydroxylation sites is 1. The minimum Gasteiger partial charge on any atom is -0.324 e. The summed E-state index contributed by atoms with van der Waals surface area (Å²) in [6, 6.07) is 10.8. The molecule has 0 saturated carbocycles. The van der Waals surface area contributed by atoms with Crippen molar-refractivity contribution in [2.45, 2.75) is 38.3 Å². The molecule has 2 aromatic rings. The van der Waals surface area contributed by atoms with Crippen molar-refractivity contribution in [3.05, 3.63) is 58.1 Å². The minimum absolute atomic E-state index is 0.133. The zero-order valence-electron chi connectivity index (χ0n) is 17.3. The third-order valence-electron chi connectivity index (χ3n) is 7.54. The van der Waals surface area contributed by atoms with Gasteiger partial charge in [0, 0.05) is 17.3 Å². The van der Waals surface area contributed by atoms with E-state index in [2.05, 4.69) is 10.2 Å². The van der Waals surface area contributed by atoms with E-state index in [-0.39, 0.29) is 23.8 Å². The number of anilines is 2. The van der Waals surface area contributed by atoms with E-state index >= 15 is 0 Å². The first-order valence-electron chi connectivity index (χ1n) is 10.7. The van der Waals surface area contributed by atoms with Crippen molar-refractivity contribution >= 4 is 40.7 Å². The minimum atomic E-state index is -1.15. The molecule has 4 atom stereocenters. The first-order chi connectivity index (χ1) is 14.9. The maximum absolute atomic E-state index is 13.9. The van der Waals surface area contributed by atoms with Crippen LogP contribution in [0.25, 0.3) is 0 Å². The number of hydrogen-bond acceptors (Lipinski definition) is 4. The number of nitrogens with zero attached hydrogens (tertiary/aromatic N) is 2. The summed E-state index contributed by atoms with van der Waals surface area (Å²) in [6.45, 7) is 4.66. The molecule has 0 unspecified atom stereocenters. The highest BCUT2D eigenvalue weighted by Crippen LogP contribution is 2.61. The van der Waals surface area contributed by atoms with Gasteiger partial charge in [0.2, 0.25) is 17.7 Å². The molecule has 2 aromatic carbocycles. The van der Waals surface area contributed by atoms with Gasteiger partial charge in [-0.15, -0.1) is 0 Å². The molecule has 4 aliphatic heterocycles. The molecule has 0 aromatic heterocycles. The van der Waals surface area contributed by atoms with Crippen molar-refractivity contribution in [2.75, 3.05) is 16.8 Å². The maximum Gasteiger partial charge on any atom is 0.250 e. The molecule has 0 bridgehead atoms. The third-order valence-corrected chi connectivity index (χ3v) is 7.86. The van der Waals surface area contributed by atoms with Crippen molar-refractivity contribution in [3.8, 4) is 0 Å². The summed E-state index contributed by atoms with van der Waals surface area (Å²) in [5.41, 5.74) is 2.85. The molecule has 31 heavy (non-hydrogen) atoms. The monoisotopic (exact) mass is 435 g/mol. The first kappa shape index (κ1) is 19.0. The quantitative estimate of drug-likeness (QED) is 0.697. The molecule has 3 amide bonds. The van der Waals surface area contributed by atoms with Crippen LogP contribution in [-0.4, -0.2) is 35.2 Å². The van der Waals surface area contributed by atoms with Crippen LogP contribution in [0.15, 0.2) is 36.4 Å². The number of benzene rings is 2. The highest BCUT2D eigenvalue weighted by Gasteiger charge is 2.74. The van der Waals surface area contributed by atoms with Gasteiger partial charge in [-0.1, -0.05) is 41.4 Å². The summed E-state index contributed by atoms with van der Waals surface area (Å²) < 4.78 is 0. The molecule has 4 heterocycles. The number of carbonyl (C=O) groups excluding carboxylic acids is 3. The van der Waals surface area contributed by atoms with E-state index in [0.29, 0.717) is 17.3 Å². The van der Waals surface area contributed by atoms with Crippen molar-refractivity contribution in [1.29, 1.82) is 0 Å². The number of hydrogen-bond donors (Lipinski definition) is 1. The fourth-order valence-electron chi connectivity index (χ4n) is 6.53. The first-order valence-corrected chi connectivity index (χ1v) is 11.1. The molecule has 6 rings (SSSR count). The summed E-state index contributed by atoms with van der Waals surface area (Å²) in [5.74, 6) is -2.09. The van der Waals surface area contributed by atoms with Crippen LogP contribution in [0.5, 0.6) is 0 Å². The van der Waals surface area contributed by atoms with Gasteiger partial charge in [-0.2, -0.15) is 0 Å². The predicted molar refractivity (Wildman–Crippen MR) is 117 cm³/mol.